The summed E-state index contributed by atoms with van der Waals surface area (Å²) in [6.07, 6.45) is 2.61. The fourth-order valence-corrected chi connectivity index (χ4v) is 4.61. The summed E-state index contributed by atoms with van der Waals surface area (Å²) in [5.74, 6) is -0.433. The third-order valence-corrected chi connectivity index (χ3v) is 6.37. The number of amides is 1. The molecule has 1 fully saturated rings. The molecule has 1 saturated heterocycles. The monoisotopic (exact) mass is 364 g/mol. The maximum absolute atomic E-state index is 12.6. The minimum Gasteiger partial charge on any atom is -0.325 e. The first kappa shape index (κ1) is 17.1. The Hall–Kier alpha value is -1.70. The van der Waals surface area contributed by atoms with Crippen LogP contribution in [0.5, 0.6) is 0 Å². The highest BCUT2D eigenvalue weighted by Gasteiger charge is 2.30. The van der Waals surface area contributed by atoms with Gasteiger partial charge in [0, 0.05) is 29.2 Å². The fourth-order valence-electron chi connectivity index (χ4n) is 2.93. The molecule has 1 aliphatic heterocycles. The van der Waals surface area contributed by atoms with Gasteiger partial charge < -0.3 is 5.32 Å². The van der Waals surface area contributed by atoms with Crippen molar-refractivity contribution in [3.8, 4) is 10.4 Å². The number of rotatable bonds is 4. The summed E-state index contributed by atoms with van der Waals surface area (Å²) < 4.78 is 24.8. The maximum Gasteiger partial charge on any atom is 0.228 e. The third kappa shape index (κ3) is 3.85. The SMILES string of the molecule is CS(=O)(=O)N1CCCC(C(=O)Nc2ccccc2-c2cccs2)C1. The van der Waals surface area contributed by atoms with Crippen molar-refractivity contribution in [3.63, 3.8) is 0 Å². The zero-order valence-electron chi connectivity index (χ0n) is 13.4. The number of thiophene rings is 1. The van der Waals surface area contributed by atoms with Gasteiger partial charge >= 0.3 is 0 Å². The molecule has 7 heteroatoms. The Bertz CT molecular complexity index is 816. The number of hydrogen-bond acceptors (Lipinski definition) is 4. The number of piperidine rings is 1. The van der Waals surface area contributed by atoms with Gasteiger partial charge in [-0.1, -0.05) is 24.3 Å². The molecule has 128 valence electrons. The summed E-state index contributed by atoms with van der Waals surface area (Å²) in [4.78, 5) is 13.7. The lowest BCUT2D eigenvalue weighted by atomic mass is 9.98. The van der Waals surface area contributed by atoms with Crippen molar-refractivity contribution >= 4 is 33.0 Å². The minimum atomic E-state index is -3.25. The zero-order chi connectivity index (χ0) is 17.2. The van der Waals surface area contributed by atoms with Crippen LogP contribution in [-0.2, 0) is 14.8 Å². The van der Waals surface area contributed by atoms with Crippen LogP contribution in [-0.4, -0.2) is 38.0 Å². The average Bonchev–Trinajstić information content (AvgIpc) is 3.09. The quantitative estimate of drug-likeness (QED) is 0.907. The molecule has 1 unspecified atom stereocenters. The van der Waals surface area contributed by atoms with Gasteiger partial charge in [0.2, 0.25) is 15.9 Å². The Labute approximate surface area is 146 Å². The molecular weight excluding hydrogens is 344 g/mol. The molecule has 2 heterocycles. The molecule has 1 N–H and O–H groups in total. The van der Waals surface area contributed by atoms with E-state index < -0.39 is 10.0 Å². The maximum atomic E-state index is 12.6. The Kier molecular flexibility index (Phi) is 5.03. The van der Waals surface area contributed by atoms with Gasteiger partial charge in [0.15, 0.2) is 0 Å². The lowest BCUT2D eigenvalue weighted by molar-refractivity contribution is -0.120. The fraction of sp³-hybridized carbons (Fsp3) is 0.353. The number of para-hydroxylation sites is 1. The molecule has 0 saturated carbocycles. The van der Waals surface area contributed by atoms with Crippen molar-refractivity contribution in [1.29, 1.82) is 0 Å². The summed E-state index contributed by atoms with van der Waals surface area (Å²) >= 11 is 1.62. The van der Waals surface area contributed by atoms with Gasteiger partial charge in [-0.05, 0) is 30.4 Å². The molecule has 2 aromatic rings. The van der Waals surface area contributed by atoms with Crippen LogP contribution in [0.3, 0.4) is 0 Å². The first-order valence-corrected chi connectivity index (χ1v) is 10.6. The van der Waals surface area contributed by atoms with E-state index in [0.717, 1.165) is 16.1 Å². The van der Waals surface area contributed by atoms with Crippen molar-refractivity contribution in [2.45, 2.75) is 12.8 Å². The van der Waals surface area contributed by atoms with Crippen molar-refractivity contribution in [3.05, 3.63) is 41.8 Å². The Balaban J connectivity index is 1.76. The zero-order valence-corrected chi connectivity index (χ0v) is 15.1. The number of sulfonamides is 1. The minimum absolute atomic E-state index is 0.118. The topological polar surface area (TPSA) is 66.5 Å². The molecule has 24 heavy (non-hydrogen) atoms. The predicted molar refractivity (Wildman–Crippen MR) is 97.5 cm³/mol. The number of carbonyl (C=O) groups excluding carboxylic acids is 1. The first-order valence-electron chi connectivity index (χ1n) is 7.84. The van der Waals surface area contributed by atoms with Crippen LogP contribution in [0.2, 0.25) is 0 Å². The van der Waals surface area contributed by atoms with E-state index in [-0.39, 0.29) is 18.4 Å². The molecule has 5 nitrogen and oxygen atoms in total. The highest BCUT2D eigenvalue weighted by atomic mass is 32.2. The second-order valence-electron chi connectivity index (χ2n) is 5.97. The smallest absolute Gasteiger partial charge is 0.228 e. The highest BCUT2D eigenvalue weighted by Crippen LogP contribution is 2.32. The van der Waals surface area contributed by atoms with Crippen LogP contribution >= 0.6 is 11.3 Å². The number of benzene rings is 1. The van der Waals surface area contributed by atoms with E-state index in [1.54, 1.807) is 11.3 Å². The largest absolute Gasteiger partial charge is 0.325 e. The van der Waals surface area contributed by atoms with E-state index in [4.69, 9.17) is 0 Å². The van der Waals surface area contributed by atoms with Crippen LogP contribution in [0.25, 0.3) is 10.4 Å². The van der Waals surface area contributed by atoms with Gasteiger partial charge in [-0.3, -0.25) is 4.79 Å². The molecule has 1 amide bonds. The second kappa shape index (κ2) is 7.04. The van der Waals surface area contributed by atoms with E-state index in [2.05, 4.69) is 5.32 Å². The lowest BCUT2D eigenvalue weighted by Gasteiger charge is -2.30. The van der Waals surface area contributed by atoms with E-state index >= 15 is 0 Å². The van der Waals surface area contributed by atoms with Gasteiger partial charge in [0.1, 0.15) is 0 Å². The number of carbonyl (C=O) groups is 1. The molecule has 0 bridgehead atoms. The standard InChI is InChI=1S/C17H20N2O3S2/c1-24(21,22)19-10-4-6-13(12-19)17(20)18-15-8-3-2-7-14(15)16-9-5-11-23-16/h2-3,5,7-9,11,13H,4,6,10,12H2,1H3,(H,18,20). The number of anilines is 1. The molecule has 1 aliphatic rings. The van der Waals surface area contributed by atoms with Crippen molar-refractivity contribution in [2.24, 2.45) is 5.92 Å². The normalized spacial score (nSPS) is 19.1. The first-order chi connectivity index (χ1) is 11.4. The molecule has 0 radical (unpaired) electrons. The molecule has 1 aromatic carbocycles. The summed E-state index contributed by atoms with van der Waals surface area (Å²) in [7, 11) is -3.25. The van der Waals surface area contributed by atoms with Gasteiger partial charge in [-0.25, -0.2) is 12.7 Å². The lowest BCUT2D eigenvalue weighted by Crippen LogP contribution is -2.43. The summed E-state index contributed by atoms with van der Waals surface area (Å²) in [6, 6.07) is 11.7. The number of hydrogen-bond donors (Lipinski definition) is 1. The number of nitrogens with one attached hydrogen (secondary N) is 1. The average molecular weight is 364 g/mol. The van der Waals surface area contributed by atoms with Crippen LogP contribution in [0.15, 0.2) is 41.8 Å². The van der Waals surface area contributed by atoms with E-state index in [9.17, 15) is 13.2 Å². The highest BCUT2D eigenvalue weighted by molar-refractivity contribution is 7.88. The van der Waals surface area contributed by atoms with Crippen LogP contribution in [0.4, 0.5) is 5.69 Å². The second-order valence-corrected chi connectivity index (χ2v) is 8.90. The summed E-state index contributed by atoms with van der Waals surface area (Å²) in [5, 5.41) is 4.99. The van der Waals surface area contributed by atoms with Crippen molar-refractivity contribution in [2.75, 3.05) is 24.7 Å². The summed E-state index contributed by atoms with van der Waals surface area (Å²) in [5.41, 5.74) is 1.75. The van der Waals surface area contributed by atoms with E-state index in [0.29, 0.717) is 19.4 Å². The van der Waals surface area contributed by atoms with Gasteiger partial charge in [0.25, 0.3) is 0 Å². The molecule has 1 aromatic heterocycles. The van der Waals surface area contributed by atoms with Crippen molar-refractivity contribution < 1.29 is 13.2 Å². The third-order valence-electron chi connectivity index (χ3n) is 4.20. The van der Waals surface area contributed by atoms with Gasteiger partial charge in [0.05, 0.1) is 12.2 Å². The molecule has 1 atom stereocenters. The van der Waals surface area contributed by atoms with Crippen LogP contribution < -0.4 is 5.32 Å². The molecule has 0 spiro atoms. The predicted octanol–water partition coefficient (Wildman–Crippen LogP) is 3.03. The molecule has 3 rings (SSSR count). The van der Waals surface area contributed by atoms with Crippen LogP contribution in [0, 0.1) is 5.92 Å². The van der Waals surface area contributed by atoms with Gasteiger partial charge in [-0.2, -0.15) is 0 Å². The Morgan fingerprint density at radius 3 is 2.75 bits per heavy atom. The summed E-state index contributed by atoms with van der Waals surface area (Å²) in [6.45, 7) is 0.750. The molecular formula is C17H20N2O3S2. The van der Waals surface area contributed by atoms with E-state index in [1.807, 2.05) is 41.8 Å². The van der Waals surface area contributed by atoms with Crippen molar-refractivity contribution in [1.82, 2.24) is 4.31 Å². The Morgan fingerprint density at radius 2 is 2.04 bits per heavy atom. The van der Waals surface area contributed by atoms with Gasteiger partial charge in [-0.15, -0.1) is 11.3 Å². The van der Waals surface area contributed by atoms with E-state index in [1.165, 1.54) is 10.6 Å². The molecule has 0 aliphatic carbocycles. The Morgan fingerprint density at radius 1 is 1.25 bits per heavy atom. The van der Waals surface area contributed by atoms with Crippen LogP contribution in [0.1, 0.15) is 12.8 Å². The number of nitrogens with zero attached hydrogens (tertiary/aromatic N) is 1.